The van der Waals surface area contributed by atoms with E-state index in [-0.39, 0.29) is 5.25 Å². The van der Waals surface area contributed by atoms with Crippen molar-refractivity contribution in [1.82, 2.24) is 0 Å². The zero-order valence-corrected chi connectivity index (χ0v) is 15.0. The average Bonchev–Trinajstić information content (AvgIpc) is 2.47. The molecule has 0 unspecified atom stereocenters. The second kappa shape index (κ2) is 9.88. The van der Waals surface area contributed by atoms with Crippen molar-refractivity contribution in [3.05, 3.63) is 29.8 Å². The lowest BCUT2D eigenvalue weighted by molar-refractivity contribution is 0.340. The van der Waals surface area contributed by atoms with E-state index >= 15 is 0 Å². The first-order valence-electron chi connectivity index (χ1n) is 8.39. The summed E-state index contributed by atoms with van der Waals surface area (Å²) in [6.45, 7) is 6.20. The van der Waals surface area contributed by atoms with Gasteiger partial charge in [0.05, 0.1) is 17.6 Å². The van der Waals surface area contributed by atoms with Crippen LogP contribution in [0.15, 0.2) is 24.3 Å². The molecule has 0 bridgehead atoms. The highest BCUT2D eigenvalue weighted by molar-refractivity contribution is 7.91. The van der Waals surface area contributed by atoms with Gasteiger partial charge in [-0.15, -0.1) is 0 Å². The van der Waals surface area contributed by atoms with Crippen molar-refractivity contribution in [2.75, 3.05) is 12.4 Å². The fourth-order valence-electron chi connectivity index (χ4n) is 2.36. The summed E-state index contributed by atoms with van der Waals surface area (Å²) in [5.74, 6) is 1.28. The quantitative estimate of drug-likeness (QED) is 0.566. The topological polar surface area (TPSA) is 43.4 Å². The van der Waals surface area contributed by atoms with E-state index in [4.69, 9.17) is 4.74 Å². The lowest BCUT2D eigenvalue weighted by atomic mass is 10.1. The molecule has 0 saturated carbocycles. The van der Waals surface area contributed by atoms with E-state index in [9.17, 15) is 8.42 Å². The minimum atomic E-state index is -2.86. The first kappa shape index (κ1) is 19.0. The molecule has 1 aromatic carbocycles. The highest BCUT2D eigenvalue weighted by atomic mass is 32.2. The van der Waals surface area contributed by atoms with Crippen molar-refractivity contribution in [3.63, 3.8) is 0 Å². The summed E-state index contributed by atoms with van der Waals surface area (Å²) in [4.78, 5) is 0. The third kappa shape index (κ3) is 7.30. The summed E-state index contributed by atoms with van der Waals surface area (Å²) in [6.07, 6.45) is 6.27. The standard InChI is InChI=1S/C18H30O3S/c1-4-21-18-13-10-12-17(15-18)11-8-6-5-7-9-14-22(19,20)16(2)3/h10,12-13,15-16H,4-9,11,14H2,1-3H3. The Balaban J connectivity index is 2.14. The van der Waals surface area contributed by atoms with Crippen molar-refractivity contribution in [2.45, 2.75) is 64.5 Å². The Kier molecular flexibility index (Phi) is 8.54. The van der Waals surface area contributed by atoms with Crippen LogP contribution in [0.4, 0.5) is 0 Å². The van der Waals surface area contributed by atoms with Crippen LogP contribution >= 0.6 is 0 Å². The third-order valence-corrected chi connectivity index (χ3v) is 6.12. The number of rotatable bonds is 11. The van der Waals surface area contributed by atoms with E-state index in [1.165, 1.54) is 5.56 Å². The van der Waals surface area contributed by atoms with E-state index in [1.54, 1.807) is 13.8 Å². The van der Waals surface area contributed by atoms with E-state index < -0.39 is 9.84 Å². The van der Waals surface area contributed by atoms with E-state index in [0.717, 1.165) is 44.3 Å². The van der Waals surface area contributed by atoms with Gasteiger partial charge in [-0.05, 0) is 57.7 Å². The predicted molar refractivity (Wildman–Crippen MR) is 93.3 cm³/mol. The minimum absolute atomic E-state index is 0.245. The van der Waals surface area contributed by atoms with Crippen LogP contribution in [0, 0.1) is 0 Å². The second-order valence-corrected chi connectivity index (χ2v) is 8.69. The highest BCUT2D eigenvalue weighted by Gasteiger charge is 2.14. The van der Waals surface area contributed by atoms with Crippen LogP contribution in [0.5, 0.6) is 5.75 Å². The molecule has 0 aliphatic rings. The Morgan fingerprint density at radius 3 is 2.41 bits per heavy atom. The summed E-state index contributed by atoms with van der Waals surface area (Å²) in [5, 5.41) is -0.245. The monoisotopic (exact) mass is 326 g/mol. The molecular formula is C18H30O3S. The van der Waals surface area contributed by atoms with E-state index in [2.05, 4.69) is 12.1 Å². The lowest BCUT2D eigenvalue weighted by Crippen LogP contribution is -2.17. The fraction of sp³-hybridized carbons (Fsp3) is 0.667. The molecule has 0 fully saturated rings. The molecule has 0 heterocycles. The van der Waals surface area contributed by atoms with Crippen molar-refractivity contribution in [2.24, 2.45) is 0 Å². The molecule has 0 saturated heterocycles. The highest BCUT2D eigenvalue weighted by Crippen LogP contribution is 2.16. The largest absolute Gasteiger partial charge is 0.494 e. The molecule has 1 rings (SSSR count). The summed E-state index contributed by atoms with van der Waals surface area (Å²) in [5.41, 5.74) is 1.31. The van der Waals surface area contributed by atoms with Crippen molar-refractivity contribution in [1.29, 1.82) is 0 Å². The Bertz CT molecular complexity index is 521. The van der Waals surface area contributed by atoms with Gasteiger partial charge in [0, 0.05) is 0 Å². The maximum atomic E-state index is 11.7. The summed E-state index contributed by atoms with van der Waals surface area (Å²) in [6, 6.07) is 8.27. The normalized spacial score (nSPS) is 11.8. The van der Waals surface area contributed by atoms with Crippen LogP contribution in [0.1, 0.15) is 58.4 Å². The number of ether oxygens (including phenoxy) is 1. The Hall–Kier alpha value is -1.03. The zero-order valence-electron chi connectivity index (χ0n) is 14.2. The number of hydrogen-bond acceptors (Lipinski definition) is 3. The number of aryl methyl sites for hydroxylation is 1. The minimum Gasteiger partial charge on any atom is -0.494 e. The van der Waals surface area contributed by atoms with Crippen molar-refractivity contribution < 1.29 is 13.2 Å². The molecule has 22 heavy (non-hydrogen) atoms. The Labute approximate surface area is 136 Å². The molecule has 3 nitrogen and oxygen atoms in total. The number of unbranched alkanes of at least 4 members (excludes halogenated alkanes) is 4. The van der Waals surface area contributed by atoms with Crippen LogP contribution in [0.3, 0.4) is 0 Å². The molecule has 1 aromatic rings. The van der Waals surface area contributed by atoms with Gasteiger partial charge in [-0.1, -0.05) is 31.4 Å². The van der Waals surface area contributed by atoms with Gasteiger partial charge >= 0.3 is 0 Å². The maximum Gasteiger partial charge on any atom is 0.152 e. The molecule has 0 spiro atoms. The summed E-state index contributed by atoms with van der Waals surface area (Å²) >= 11 is 0. The molecule has 0 aliphatic carbocycles. The molecule has 0 radical (unpaired) electrons. The van der Waals surface area contributed by atoms with Gasteiger partial charge in [0.1, 0.15) is 5.75 Å². The molecule has 126 valence electrons. The third-order valence-electron chi connectivity index (χ3n) is 3.82. The van der Waals surface area contributed by atoms with Crippen LogP contribution in [-0.4, -0.2) is 26.0 Å². The van der Waals surface area contributed by atoms with E-state index in [1.807, 2.05) is 19.1 Å². The van der Waals surface area contributed by atoms with Gasteiger partial charge in [0.15, 0.2) is 9.84 Å². The SMILES string of the molecule is CCOc1cccc(CCCCCCCS(=O)(=O)C(C)C)c1. The second-order valence-electron chi connectivity index (χ2n) is 6.01. The van der Waals surface area contributed by atoms with Gasteiger partial charge in [-0.3, -0.25) is 0 Å². The molecule has 4 heteroatoms. The Morgan fingerprint density at radius 1 is 1.05 bits per heavy atom. The average molecular weight is 327 g/mol. The van der Waals surface area contributed by atoms with Crippen LogP contribution < -0.4 is 4.74 Å². The number of benzene rings is 1. The molecule has 0 atom stereocenters. The molecule has 0 aromatic heterocycles. The molecule has 0 aliphatic heterocycles. The maximum absolute atomic E-state index is 11.7. The van der Waals surface area contributed by atoms with Gasteiger partial charge in [0.2, 0.25) is 0 Å². The van der Waals surface area contributed by atoms with Crippen LogP contribution in [0.2, 0.25) is 0 Å². The summed E-state index contributed by atoms with van der Waals surface area (Å²) in [7, 11) is -2.86. The molecule has 0 amide bonds. The summed E-state index contributed by atoms with van der Waals surface area (Å²) < 4.78 is 28.9. The lowest BCUT2D eigenvalue weighted by Gasteiger charge is -2.08. The first-order chi connectivity index (χ1) is 10.5. The van der Waals surface area contributed by atoms with Gasteiger partial charge in [0.25, 0.3) is 0 Å². The smallest absolute Gasteiger partial charge is 0.152 e. The fourth-order valence-corrected chi connectivity index (χ4v) is 3.43. The molecular weight excluding hydrogens is 296 g/mol. The Morgan fingerprint density at radius 2 is 1.73 bits per heavy atom. The number of hydrogen-bond donors (Lipinski definition) is 0. The first-order valence-corrected chi connectivity index (χ1v) is 10.1. The van der Waals surface area contributed by atoms with Crippen molar-refractivity contribution in [3.8, 4) is 5.75 Å². The van der Waals surface area contributed by atoms with E-state index in [0.29, 0.717) is 12.4 Å². The van der Waals surface area contributed by atoms with Crippen molar-refractivity contribution >= 4 is 9.84 Å². The van der Waals surface area contributed by atoms with Crippen LogP contribution in [-0.2, 0) is 16.3 Å². The van der Waals surface area contributed by atoms with Gasteiger partial charge in [-0.25, -0.2) is 8.42 Å². The van der Waals surface area contributed by atoms with Gasteiger partial charge in [-0.2, -0.15) is 0 Å². The van der Waals surface area contributed by atoms with Crippen LogP contribution in [0.25, 0.3) is 0 Å². The molecule has 0 N–H and O–H groups in total. The zero-order chi connectivity index (χ0) is 16.4. The van der Waals surface area contributed by atoms with Gasteiger partial charge < -0.3 is 4.74 Å². The predicted octanol–water partition coefficient (Wildman–Crippen LogP) is 4.40. The number of sulfone groups is 1.